The van der Waals surface area contributed by atoms with Crippen LogP contribution in [0.4, 0.5) is 16.2 Å². The Balaban J connectivity index is 0.00000225. The van der Waals surface area contributed by atoms with Gasteiger partial charge in [0.15, 0.2) is 0 Å². The van der Waals surface area contributed by atoms with Gasteiger partial charge in [-0.2, -0.15) is 0 Å². The van der Waals surface area contributed by atoms with E-state index in [1.807, 2.05) is 41.3 Å². The van der Waals surface area contributed by atoms with E-state index in [2.05, 4.69) is 50.5 Å². The van der Waals surface area contributed by atoms with Gasteiger partial charge in [0.2, 0.25) is 0 Å². The highest BCUT2D eigenvalue weighted by molar-refractivity contribution is 7.99. The van der Waals surface area contributed by atoms with E-state index in [-0.39, 0.29) is 35.6 Å². The van der Waals surface area contributed by atoms with Crippen LogP contribution in [-0.2, 0) is 0 Å². The summed E-state index contributed by atoms with van der Waals surface area (Å²) >= 11 is 1.72. The second kappa shape index (κ2) is 7.62. The maximum atomic E-state index is 13.4. The Morgan fingerprint density at radius 1 is 0.964 bits per heavy atom. The largest absolute Gasteiger partial charge is 1.00 e. The van der Waals surface area contributed by atoms with Gasteiger partial charge < -0.3 is 23.0 Å². The maximum absolute atomic E-state index is 13.4. The van der Waals surface area contributed by atoms with Crippen LogP contribution in [0.1, 0.15) is 40.5 Å². The molecule has 6 heteroatoms. The van der Waals surface area contributed by atoms with Crippen LogP contribution in [0, 0.1) is 0 Å². The molecule has 0 bridgehead atoms. The molecule has 0 radical (unpaired) electrons. The summed E-state index contributed by atoms with van der Waals surface area (Å²) in [6.45, 7) is 8.81. The first-order valence-electron chi connectivity index (χ1n) is 9.50. The number of rotatable bonds is 1. The number of hydrogen-bond donors (Lipinski definition) is 2. The van der Waals surface area contributed by atoms with Crippen molar-refractivity contribution in [3.05, 3.63) is 48.5 Å². The van der Waals surface area contributed by atoms with Crippen LogP contribution in [0.25, 0.3) is 0 Å². The van der Waals surface area contributed by atoms with Crippen molar-refractivity contribution in [3.8, 4) is 0 Å². The average Bonchev–Trinajstić information content (AvgIpc) is 2.56. The second-order valence-electron chi connectivity index (χ2n) is 8.82. The first-order chi connectivity index (χ1) is 12.7. The molecule has 0 unspecified atom stereocenters. The monoisotopic (exact) mass is 416 g/mol. The summed E-state index contributed by atoms with van der Waals surface area (Å²) in [5.41, 5.74) is 1.89. The Kier molecular flexibility index (Phi) is 5.72. The summed E-state index contributed by atoms with van der Waals surface area (Å²) in [6.07, 6.45) is 1.82. The Hall–Kier alpha value is -1.69. The summed E-state index contributed by atoms with van der Waals surface area (Å²) < 4.78 is 0. The van der Waals surface area contributed by atoms with E-state index >= 15 is 0 Å². The molecule has 2 amide bonds. The number of carbonyl (C=O) groups is 1. The first kappa shape index (κ1) is 21.0. The molecule has 28 heavy (non-hydrogen) atoms. The van der Waals surface area contributed by atoms with E-state index in [1.54, 1.807) is 11.8 Å². The number of carbonyl (C=O) groups excluding carboxylic acids is 1. The normalized spacial score (nSPS) is 19.8. The van der Waals surface area contributed by atoms with Crippen LogP contribution in [-0.4, -0.2) is 23.2 Å². The van der Waals surface area contributed by atoms with Gasteiger partial charge in [0.1, 0.15) is 0 Å². The Morgan fingerprint density at radius 3 is 1.93 bits per heavy atom. The third kappa shape index (κ3) is 4.17. The minimum absolute atomic E-state index is 0. The number of hydrogen-bond acceptors (Lipinski definition) is 3. The summed E-state index contributed by atoms with van der Waals surface area (Å²) in [5.74, 6) is 0. The highest BCUT2D eigenvalue weighted by Crippen LogP contribution is 2.47. The molecular formula is C22H27ClN3OS-. The van der Waals surface area contributed by atoms with Gasteiger partial charge in [-0.1, -0.05) is 36.0 Å². The number of piperidine rings is 1. The Bertz CT molecular complexity index is 822. The number of nitrogens with zero attached hydrogens (tertiary/aromatic N) is 1. The third-order valence-electron chi connectivity index (χ3n) is 5.15. The van der Waals surface area contributed by atoms with Gasteiger partial charge in [0.05, 0.1) is 11.4 Å². The molecule has 4 nitrogen and oxygen atoms in total. The SMILES string of the molecule is CC1(C)CC(NC(=O)N2c3ccccc3Sc3ccccc32)CC(C)(C)N1.[Cl-]. The van der Waals surface area contributed by atoms with E-state index in [0.717, 1.165) is 34.0 Å². The minimum Gasteiger partial charge on any atom is -1.00 e. The number of anilines is 2. The highest BCUT2D eigenvalue weighted by atomic mass is 35.5. The van der Waals surface area contributed by atoms with Crippen molar-refractivity contribution in [2.75, 3.05) is 4.90 Å². The van der Waals surface area contributed by atoms with Gasteiger partial charge in [-0.3, -0.25) is 4.90 Å². The van der Waals surface area contributed by atoms with Crippen LogP contribution in [0.15, 0.2) is 58.3 Å². The number of halogens is 1. The average molecular weight is 417 g/mol. The molecule has 2 aromatic carbocycles. The predicted octanol–water partition coefficient (Wildman–Crippen LogP) is 2.31. The lowest BCUT2D eigenvalue weighted by molar-refractivity contribution is -0.0000129. The van der Waals surface area contributed by atoms with E-state index < -0.39 is 0 Å². The van der Waals surface area contributed by atoms with Crippen LogP contribution >= 0.6 is 11.8 Å². The maximum Gasteiger partial charge on any atom is 0.326 e. The molecule has 0 saturated carbocycles. The zero-order valence-electron chi connectivity index (χ0n) is 16.8. The quantitative estimate of drug-likeness (QED) is 0.749. The lowest BCUT2D eigenvalue weighted by Gasteiger charge is -2.47. The van der Waals surface area contributed by atoms with E-state index in [9.17, 15) is 4.79 Å². The Labute approximate surface area is 177 Å². The Morgan fingerprint density at radius 2 is 1.43 bits per heavy atom. The fourth-order valence-corrected chi connectivity index (χ4v) is 5.64. The predicted molar refractivity (Wildman–Crippen MR) is 112 cm³/mol. The zero-order chi connectivity index (χ0) is 19.2. The molecule has 0 aliphatic carbocycles. The zero-order valence-corrected chi connectivity index (χ0v) is 18.3. The number of urea groups is 1. The van der Waals surface area contributed by atoms with Gasteiger partial charge in [-0.15, -0.1) is 0 Å². The summed E-state index contributed by atoms with van der Waals surface area (Å²) in [7, 11) is 0. The fraction of sp³-hybridized carbons (Fsp3) is 0.409. The van der Waals surface area contributed by atoms with Gasteiger partial charge >= 0.3 is 6.03 Å². The lowest BCUT2D eigenvalue weighted by atomic mass is 9.79. The summed E-state index contributed by atoms with van der Waals surface area (Å²) in [5, 5.41) is 7.00. The van der Waals surface area contributed by atoms with Crippen LogP contribution < -0.4 is 27.9 Å². The molecular weight excluding hydrogens is 390 g/mol. The van der Waals surface area contributed by atoms with Crippen molar-refractivity contribution in [1.82, 2.24) is 10.6 Å². The van der Waals surface area contributed by atoms with Crippen molar-refractivity contribution in [2.45, 2.75) is 67.4 Å². The number of benzene rings is 2. The number of nitrogens with one attached hydrogen (secondary N) is 2. The second-order valence-corrected chi connectivity index (χ2v) is 9.90. The minimum atomic E-state index is -0.0475. The molecule has 2 N–H and O–H groups in total. The third-order valence-corrected chi connectivity index (χ3v) is 6.28. The summed E-state index contributed by atoms with van der Waals surface area (Å²) in [6, 6.07) is 16.3. The molecule has 150 valence electrons. The molecule has 0 aromatic heterocycles. The first-order valence-corrected chi connectivity index (χ1v) is 10.3. The van der Waals surface area contributed by atoms with E-state index in [0.29, 0.717) is 0 Å². The summed E-state index contributed by atoms with van der Waals surface area (Å²) in [4.78, 5) is 17.5. The standard InChI is InChI=1S/C22H27N3OS.ClH/c1-21(2)13-15(14-22(3,4)24-21)23-20(26)25-16-9-5-7-11-18(16)27-19-12-8-6-10-17(19)25;/h5-12,15,24H,13-14H2,1-4H3,(H,23,26);1H/p-1. The molecule has 2 aliphatic heterocycles. The molecule has 2 aromatic rings. The molecule has 0 spiro atoms. The number of fused-ring (bicyclic) bond motifs is 2. The van der Waals surface area contributed by atoms with E-state index in [1.165, 1.54) is 0 Å². The number of amides is 2. The fourth-order valence-electron chi connectivity index (χ4n) is 4.59. The van der Waals surface area contributed by atoms with Gasteiger partial charge in [-0.05, 0) is 64.8 Å². The highest BCUT2D eigenvalue weighted by Gasteiger charge is 2.39. The van der Waals surface area contributed by atoms with Gasteiger partial charge in [-0.25, -0.2) is 4.79 Å². The molecule has 0 atom stereocenters. The van der Waals surface area contributed by atoms with E-state index in [4.69, 9.17) is 0 Å². The van der Waals surface area contributed by atoms with Crippen molar-refractivity contribution in [3.63, 3.8) is 0 Å². The van der Waals surface area contributed by atoms with Crippen molar-refractivity contribution in [2.24, 2.45) is 0 Å². The topological polar surface area (TPSA) is 44.4 Å². The van der Waals surface area contributed by atoms with Crippen LogP contribution in [0.2, 0.25) is 0 Å². The molecule has 4 rings (SSSR count). The number of para-hydroxylation sites is 2. The van der Waals surface area contributed by atoms with Crippen molar-refractivity contribution >= 4 is 29.2 Å². The molecule has 2 heterocycles. The lowest BCUT2D eigenvalue weighted by Crippen LogP contribution is -3.00. The van der Waals surface area contributed by atoms with Crippen LogP contribution in [0.3, 0.4) is 0 Å². The van der Waals surface area contributed by atoms with Crippen molar-refractivity contribution in [1.29, 1.82) is 0 Å². The van der Waals surface area contributed by atoms with Gasteiger partial charge in [0.25, 0.3) is 0 Å². The van der Waals surface area contributed by atoms with Gasteiger partial charge in [0, 0.05) is 26.9 Å². The smallest absolute Gasteiger partial charge is 0.326 e. The molecule has 1 saturated heterocycles. The van der Waals surface area contributed by atoms with Crippen LogP contribution in [0.5, 0.6) is 0 Å². The molecule has 2 aliphatic rings. The molecule has 1 fully saturated rings. The van der Waals surface area contributed by atoms with Crippen molar-refractivity contribution < 1.29 is 17.2 Å².